The van der Waals surface area contributed by atoms with E-state index in [0.717, 1.165) is 17.9 Å². The molecule has 12 heavy (non-hydrogen) atoms. The predicted molar refractivity (Wildman–Crippen MR) is 52.2 cm³/mol. The molecule has 0 spiro atoms. The highest BCUT2D eigenvalue weighted by Crippen LogP contribution is 2.35. The molecule has 2 rings (SSSR count). The molecule has 2 fully saturated rings. The van der Waals surface area contributed by atoms with Crippen molar-refractivity contribution in [3.05, 3.63) is 0 Å². The van der Waals surface area contributed by atoms with Gasteiger partial charge in [0.25, 0.3) is 0 Å². The van der Waals surface area contributed by atoms with Gasteiger partial charge in [0.2, 0.25) is 0 Å². The highest BCUT2D eigenvalue weighted by atomic mass is 15.2. The van der Waals surface area contributed by atoms with Crippen molar-refractivity contribution in [1.82, 2.24) is 4.90 Å². The van der Waals surface area contributed by atoms with E-state index in [1.54, 1.807) is 0 Å². The topological polar surface area (TPSA) is 3.24 Å². The quantitative estimate of drug-likeness (QED) is 0.580. The molecule has 1 heteroatoms. The van der Waals surface area contributed by atoms with Crippen molar-refractivity contribution < 1.29 is 0 Å². The van der Waals surface area contributed by atoms with Crippen LogP contribution in [0.25, 0.3) is 0 Å². The monoisotopic (exact) mass is 167 g/mol. The smallest absolute Gasteiger partial charge is 0.0123 e. The maximum Gasteiger partial charge on any atom is 0.0123 e. The first kappa shape index (κ1) is 8.55. The van der Waals surface area contributed by atoms with E-state index in [-0.39, 0.29) is 0 Å². The number of hydrogen-bond donors (Lipinski definition) is 0. The Bertz CT molecular complexity index is 149. The first-order valence-corrected chi connectivity index (χ1v) is 5.53. The average Bonchev–Trinajstić information content (AvgIpc) is 2.64. The zero-order valence-electron chi connectivity index (χ0n) is 8.42. The zero-order valence-corrected chi connectivity index (χ0v) is 8.42. The molecule has 0 amide bonds. The van der Waals surface area contributed by atoms with E-state index < -0.39 is 0 Å². The summed E-state index contributed by atoms with van der Waals surface area (Å²) in [6, 6.07) is 0.933. The molecule has 3 atom stereocenters. The van der Waals surface area contributed by atoms with Crippen molar-refractivity contribution in [2.75, 3.05) is 13.1 Å². The third-order valence-corrected chi connectivity index (χ3v) is 4.03. The highest BCUT2D eigenvalue weighted by molar-refractivity contribution is 4.88. The molecule has 1 saturated carbocycles. The number of nitrogens with zero attached hydrogens (tertiary/aromatic N) is 1. The summed E-state index contributed by atoms with van der Waals surface area (Å²) in [5, 5.41) is 0. The lowest BCUT2D eigenvalue weighted by molar-refractivity contribution is 0.192. The Morgan fingerprint density at radius 3 is 2.17 bits per heavy atom. The number of likely N-dealkylation sites (tertiary alicyclic amines) is 1. The molecule has 3 unspecified atom stereocenters. The fraction of sp³-hybridized carbons (Fsp3) is 1.00. The van der Waals surface area contributed by atoms with Gasteiger partial charge in [-0.05, 0) is 50.6 Å². The Balaban J connectivity index is 1.95. The van der Waals surface area contributed by atoms with Crippen molar-refractivity contribution >= 4 is 0 Å². The van der Waals surface area contributed by atoms with E-state index >= 15 is 0 Å². The zero-order chi connectivity index (χ0) is 8.55. The van der Waals surface area contributed by atoms with Crippen LogP contribution < -0.4 is 0 Å². The van der Waals surface area contributed by atoms with E-state index in [2.05, 4.69) is 18.7 Å². The van der Waals surface area contributed by atoms with Gasteiger partial charge >= 0.3 is 0 Å². The molecule has 0 aromatic rings. The summed E-state index contributed by atoms with van der Waals surface area (Å²) in [6.07, 6.45) is 5.81. The first-order valence-electron chi connectivity index (χ1n) is 5.53. The first-order chi connectivity index (χ1) is 5.79. The molecule has 1 aliphatic carbocycles. The molecule has 0 aromatic heterocycles. The Kier molecular flexibility index (Phi) is 2.40. The second-order valence-electron chi connectivity index (χ2n) is 4.72. The number of hydrogen-bond acceptors (Lipinski definition) is 1. The fourth-order valence-corrected chi connectivity index (χ4v) is 2.93. The van der Waals surface area contributed by atoms with E-state index in [0.29, 0.717) is 0 Å². The van der Waals surface area contributed by atoms with Crippen LogP contribution in [0.15, 0.2) is 0 Å². The summed E-state index contributed by atoms with van der Waals surface area (Å²) in [6.45, 7) is 7.62. The molecular weight excluding hydrogens is 146 g/mol. The van der Waals surface area contributed by atoms with E-state index in [1.807, 2.05) is 0 Å². The fourth-order valence-electron chi connectivity index (χ4n) is 2.93. The lowest BCUT2D eigenvalue weighted by Gasteiger charge is -2.28. The van der Waals surface area contributed by atoms with Crippen molar-refractivity contribution in [3.8, 4) is 0 Å². The lowest BCUT2D eigenvalue weighted by atomic mass is 9.97. The van der Waals surface area contributed by atoms with Gasteiger partial charge in [0.05, 0.1) is 0 Å². The summed E-state index contributed by atoms with van der Waals surface area (Å²) in [5.41, 5.74) is 0. The van der Waals surface area contributed by atoms with E-state index in [1.165, 1.54) is 38.8 Å². The van der Waals surface area contributed by atoms with Gasteiger partial charge in [0.1, 0.15) is 0 Å². The minimum absolute atomic E-state index is 0.933. The second kappa shape index (κ2) is 3.37. The van der Waals surface area contributed by atoms with Crippen LogP contribution in [0.1, 0.15) is 39.5 Å². The van der Waals surface area contributed by atoms with Gasteiger partial charge < -0.3 is 4.90 Å². The van der Waals surface area contributed by atoms with Crippen molar-refractivity contribution in [2.45, 2.75) is 45.6 Å². The molecule has 1 nitrogen and oxygen atoms in total. The predicted octanol–water partition coefficient (Wildman–Crippen LogP) is 2.52. The largest absolute Gasteiger partial charge is 0.300 e. The minimum atomic E-state index is 0.933. The average molecular weight is 167 g/mol. The van der Waals surface area contributed by atoms with Gasteiger partial charge in [-0.2, -0.15) is 0 Å². The summed E-state index contributed by atoms with van der Waals surface area (Å²) in [4.78, 5) is 2.73. The molecular formula is C11H21N. The van der Waals surface area contributed by atoms with Crippen molar-refractivity contribution in [1.29, 1.82) is 0 Å². The van der Waals surface area contributed by atoms with Crippen molar-refractivity contribution in [2.24, 2.45) is 11.8 Å². The van der Waals surface area contributed by atoms with Crippen LogP contribution in [0.2, 0.25) is 0 Å². The molecule has 0 N–H and O–H groups in total. The third kappa shape index (κ3) is 1.39. The van der Waals surface area contributed by atoms with Gasteiger partial charge in [-0.25, -0.2) is 0 Å². The lowest BCUT2D eigenvalue weighted by Crippen LogP contribution is -2.35. The van der Waals surface area contributed by atoms with Crippen LogP contribution in [0.3, 0.4) is 0 Å². The van der Waals surface area contributed by atoms with Gasteiger partial charge in [-0.3, -0.25) is 0 Å². The molecule has 1 saturated heterocycles. The maximum absolute atomic E-state index is 2.73. The van der Waals surface area contributed by atoms with Crippen LogP contribution in [-0.2, 0) is 0 Å². The van der Waals surface area contributed by atoms with E-state index in [4.69, 9.17) is 0 Å². The third-order valence-electron chi connectivity index (χ3n) is 4.03. The molecule has 1 aliphatic heterocycles. The summed E-state index contributed by atoms with van der Waals surface area (Å²) in [7, 11) is 0. The molecule has 0 radical (unpaired) electrons. The van der Waals surface area contributed by atoms with Crippen LogP contribution in [0.4, 0.5) is 0 Å². The van der Waals surface area contributed by atoms with Gasteiger partial charge in [0.15, 0.2) is 0 Å². The van der Waals surface area contributed by atoms with Crippen molar-refractivity contribution in [3.63, 3.8) is 0 Å². The van der Waals surface area contributed by atoms with E-state index in [9.17, 15) is 0 Å². The molecule has 70 valence electrons. The summed E-state index contributed by atoms with van der Waals surface area (Å²) >= 11 is 0. The summed E-state index contributed by atoms with van der Waals surface area (Å²) in [5.74, 6) is 1.92. The van der Waals surface area contributed by atoms with Crippen LogP contribution >= 0.6 is 0 Å². The van der Waals surface area contributed by atoms with Gasteiger partial charge in [-0.15, -0.1) is 0 Å². The highest BCUT2D eigenvalue weighted by Gasteiger charge is 2.34. The second-order valence-corrected chi connectivity index (χ2v) is 4.72. The Labute approximate surface area is 76.1 Å². The Hall–Kier alpha value is -0.0400. The summed E-state index contributed by atoms with van der Waals surface area (Å²) < 4.78 is 0. The SMILES string of the molecule is CC1CCC(N2CCCC2)C1C. The molecule has 1 heterocycles. The van der Waals surface area contributed by atoms with Crippen LogP contribution in [-0.4, -0.2) is 24.0 Å². The molecule has 0 bridgehead atoms. The van der Waals surface area contributed by atoms with Gasteiger partial charge in [0, 0.05) is 6.04 Å². The minimum Gasteiger partial charge on any atom is -0.300 e. The number of rotatable bonds is 1. The normalized spacial score (nSPS) is 44.0. The van der Waals surface area contributed by atoms with Gasteiger partial charge in [-0.1, -0.05) is 13.8 Å². The maximum atomic E-state index is 2.73. The molecule has 0 aromatic carbocycles. The standard InChI is InChI=1S/C11H21N/c1-9-5-6-11(10(9)2)12-7-3-4-8-12/h9-11H,3-8H2,1-2H3. The molecule has 2 aliphatic rings. The Morgan fingerprint density at radius 2 is 1.67 bits per heavy atom. The Morgan fingerprint density at radius 1 is 1.00 bits per heavy atom. The van der Waals surface area contributed by atoms with Crippen LogP contribution in [0.5, 0.6) is 0 Å². The van der Waals surface area contributed by atoms with Crippen LogP contribution in [0, 0.1) is 11.8 Å².